The van der Waals surface area contributed by atoms with Crippen molar-refractivity contribution in [1.29, 1.82) is 0 Å². The fraction of sp³-hybridized carbons (Fsp3) is 0.429. The summed E-state index contributed by atoms with van der Waals surface area (Å²) in [6, 6.07) is 7.68. The Hall–Kier alpha value is -1.17. The maximum absolute atomic E-state index is 9.97. The molecule has 0 saturated heterocycles. The van der Waals surface area contributed by atoms with Crippen molar-refractivity contribution >= 4 is 28.1 Å². The van der Waals surface area contributed by atoms with Crippen LogP contribution in [0.3, 0.4) is 0 Å². The lowest BCUT2D eigenvalue weighted by atomic mass is 9.93. The molecule has 1 heterocycles. The molecule has 1 fully saturated rings. The molecule has 3 rings (SSSR count). The van der Waals surface area contributed by atoms with Crippen LogP contribution in [0.2, 0.25) is 5.02 Å². The molecule has 2 aromatic rings. The Labute approximate surface area is 126 Å². The summed E-state index contributed by atoms with van der Waals surface area (Å²) in [7, 11) is 0. The van der Waals surface area contributed by atoms with E-state index in [1.54, 1.807) is 0 Å². The zero-order valence-corrected chi connectivity index (χ0v) is 12.5. The van der Waals surface area contributed by atoms with E-state index >= 15 is 0 Å². The summed E-state index contributed by atoms with van der Waals surface area (Å²) >= 11 is 7.63. The van der Waals surface area contributed by atoms with E-state index in [0.29, 0.717) is 5.02 Å². The van der Waals surface area contributed by atoms with Crippen molar-refractivity contribution < 1.29 is 5.11 Å². The van der Waals surface area contributed by atoms with Crippen LogP contribution < -0.4 is 5.32 Å². The topological polar surface area (TPSA) is 58.0 Å². The first kappa shape index (κ1) is 13.8. The first-order chi connectivity index (χ1) is 9.74. The quantitative estimate of drug-likeness (QED) is 0.910. The second-order valence-corrected chi connectivity index (χ2v) is 6.38. The normalized spacial score (nSPS) is 22.7. The van der Waals surface area contributed by atoms with Crippen molar-refractivity contribution in [2.45, 2.75) is 37.8 Å². The van der Waals surface area contributed by atoms with Crippen LogP contribution in [0, 0.1) is 0 Å². The van der Waals surface area contributed by atoms with Gasteiger partial charge in [0, 0.05) is 5.56 Å². The number of anilines is 1. The Morgan fingerprint density at radius 1 is 1.20 bits per heavy atom. The highest BCUT2D eigenvalue weighted by Crippen LogP contribution is 2.32. The number of aliphatic hydroxyl groups excluding tert-OH is 1. The van der Waals surface area contributed by atoms with E-state index in [4.69, 9.17) is 11.6 Å². The van der Waals surface area contributed by atoms with E-state index in [2.05, 4.69) is 15.5 Å². The highest BCUT2D eigenvalue weighted by molar-refractivity contribution is 7.18. The number of benzene rings is 1. The van der Waals surface area contributed by atoms with Gasteiger partial charge in [-0.3, -0.25) is 0 Å². The van der Waals surface area contributed by atoms with Crippen molar-refractivity contribution in [3.63, 3.8) is 0 Å². The highest BCUT2D eigenvalue weighted by Gasteiger charge is 2.24. The van der Waals surface area contributed by atoms with Crippen molar-refractivity contribution in [2.24, 2.45) is 0 Å². The van der Waals surface area contributed by atoms with Crippen LogP contribution in [0.5, 0.6) is 0 Å². The standard InChI is InChI=1S/C14H16ClN3OS/c15-10-6-2-1-5-9(10)13-17-18-14(20-13)16-11-7-3-4-8-12(11)19/h1-2,5-6,11-12,19H,3-4,7-8H2,(H,16,18)/t11-,12-/m0/s1. The number of rotatable bonds is 3. The minimum atomic E-state index is -0.295. The van der Waals surface area contributed by atoms with Gasteiger partial charge < -0.3 is 10.4 Å². The highest BCUT2D eigenvalue weighted by atomic mass is 35.5. The van der Waals surface area contributed by atoms with Gasteiger partial charge in [0.25, 0.3) is 0 Å². The predicted octanol–water partition coefficient (Wildman–Crippen LogP) is 3.57. The van der Waals surface area contributed by atoms with Gasteiger partial charge >= 0.3 is 0 Å². The Kier molecular flexibility index (Phi) is 4.19. The van der Waals surface area contributed by atoms with Gasteiger partial charge in [0.2, 0.25) is 5.13 Å². The summed E-state index contributed by atoms with van der Waals surface area (Å²) in [5, 5.41) is 23.8. The SMILES string of the molecule is O[C@H]1CCCC[C@@H]1Nc1nnc(-c2ccccc2Cl)s1. The molecule has 1 saturated carbocycles. The molecule has 0 bridgehead atoms. The predicted molar refractivity (Wildman–Crippen MR) is 82.2 cm³/mol. The number of halogens is 1. The minimum absolute atomic E-state index is 0.0794. The molecule has 0 aliphatic heterocycles. The van der Waals surface area contributed by atoms with E-state index in [1.807, 2.05) is 24.3 Å². The van der Waals surface area contributed by atoms with E-state index in [0.717, 1.165) is 41.4 Å². The molecule has 0 spiro atoms. The Bertz CT molecular complexity index is 589. The van der Waals surface area contributed by atoms with Gasteiger partial charge in [-0.05, 0) is 18.9 Å². The molecule has 2 N–H and O–H groups in total. The average molecular weight is 310 g/mol. The van der Waals surface area contributed by atoms with Crippen LogP contribution in [0.15, 0.2) is 24.3 Å². The minimum Gasteiger partial charge on any atom is -0.391 e. The molecular weight excluding hydrogens is 294 g/mol. The maximum Gasteiger partial charge on any atom is 0.206 e. The molecule has 106 valence electrons. The fourth-order valence-corrected chi connectivity index (χ4v) is 3.59. The number of hydrogen-bond donors (Lipinski definition) is 2. The van der Waals surface area contributed by atoms with Crippen molar-refractivity contribution in [2.75, 3.05) is 5.32 Å². The van der Waals surface area contributed by atoms with Gasteiger partial charge in [0.05, 0.1) is 17.2 Å². The van der Waals surface area contributed by atoms with E-state index in [1.165, 1.54) is 11.3 Å². The molecule has 1 aromatic carbocycles. The molecule has 0 unspecified atom stereocenters. The smallest absolute Gasteiger partial charge is 0.206 e. The average Bonchev–Trinajstić information content (AvgIpc) is 2.90. The summed E-state index contributed by atoms with van der Waals surface area (Å²) in [5.74, 6) is 0. The van der Waals surface area contributed by atoms with Crippen molar-refractivity contribution in [3.8, 4) is 10.6 Å². The van der Waals surface area contributed by atoms with Crippen LogP contribution in [-0.4, -0.2) is 27.4 Å². The summed E-state index contributed by atoms with van der Waals surface area (Å²) in [4.78, 5) is 0. The monoisotopic (exact) mass is 309 g/mol. The molecule has 0 amide bonds. The third-order valence-electron chi connectivity index (χ3n) is 3.57. The molecule has 1 aromatic heterocycles. The van der Waals surface area contributed by atoms with Crippen molar-refractivity contribution in [3.05, 3.63) is 29.3 Å². The second kappa shape index (κ2) is 6.08. The van der Waals surface area contributed by atoms with E-state index in [9.17, 15) is 5.11 Å². The van der Waals surface area contributed by atoms with Crippen molar-refractivity contribution in [1.82, 2.24) is 10.2 Å². The summed E-state index contributed by atoms with van der Waals surface area (Å²) in [6.45, 7) is 0. The van der Waals surface area contributed by atoms with Gasteiger partial charge in [-0.15, -0.1) is 10.2 Å². The first-order valence-corrected chi connectivity index (χ1v) is 7.96. The molecule has 0 radical (unpaired) electrons. The second-order valence-electron chi connectivity index (χ2n) is 4.99. The van der Waals surface area contributed by atoms with Crippen LogP contribution >= 0.6 is 22.9 Å². The molecule has 20 heavy (non-hydrogen) atoms. The Balaban J connectivity index is 1.75. The molecule has 4 nitrogen and oxygen atoms in total. The number of hydrogen-bond acceptors (Lipinski definition) is 5. The Morgan fingerprint density at radius 2 is 2.00 bits per heavy atom. The van der Waals surface area contributed by atoms with Gasteiger partial charge in [-0.1, -0.05) is 54.0 Å². The van der Waals surface area contributed by atoms with E-state index < -0.39 is 0 Å². The van der Waals surface area contributed by atoms with Crippen LogP contribution in [0.4, 0.5) is 5.13 Å². The van der Waals surface area contributed by atoms with Gasteiger partial charge in [0.1, 0.15) is 0 Å². The van der Waals surface area contributed by atoms with Gasteiger partial charge in [-0.25, -0.2) is 0 Å². The third-order valence-corrected chi connectivity index (χ3v) is 4.78. The largest absolute Gasteiger partial charge is 0.391 e. The number of aromatic nitrogens is 2. The van der Waals surface area contributed by atoms with Crippen LogP contribution in [0.25, 0.3) is 10.6 Å². The lowest BCUT2D eigenvalue weighted by Gasteiger charge is -2.27. The number of aliphatic hydroxyl groups is 1. The lowest BCUT2D eigenvalue weighted by Crippen LogP contribution is -2.36. The summed E-state index contributed by atoms with van der Waals surface area (Å²) < 4.78 is 0. The van der Waals surface area contributed by atoms with E-state index in [-0.39, 0.29) is 12.1 Å². The third kappa shape index (κ3) is 2.95. The summed E-state index contributed by atoms with van der Waals surface area (Å²) in [5.41, 5.74) is 0.893. The molecular formula is C14H16ClN3OS. The van der Waals surface area contributed by atoms with Gasteiger partial charge in [0.15, 0.2) is 5.01 Å². The Morgan fingerprint density at radius 3 is 2.80 bits per heavy atom. The van der Waals surface area contributed by atoms with Crippen LogP contribution in [-0.2, 0) is 0 Å². The van der Waals surface area contributed by atoms with Crippen LogP contribution in [0.1, 0.15) is 25.7 Å². The number of nitrogens with zero attached hydrogens (tertiary/aromatic N) is 2. The fourth-order valence-electron chi connectivity index (χ4n) is 2.46. The molecule has 6 heteroatoms. The molecule has 1 aliphatic carbocycles. The zero-order chi connectivity index (χ0) is 13.9. The maximum atomic E-state index is 9.97. The lowest BCUT2D eigenvalue weighted by molar-refractivity contribution is 0.116. The zero-order valence-electron chi connectivity index (χ0n) is 10.9. The summed E-state index contributed by atoms with van der Waals surface area (Å²) in [6.07, 6.45) is 3.78. The number of nitrogens with one attached hydrogen (secondary N) is 1. The molecule has 2 atom stereocenters. The van der Waals surface area contributed by atoms with Gasteiger partial charge in [-0.2, -0.15) is 0 Å². The molecule has 1 aliphatic rings. The first-order valence-electron chi connectivity index (χ1n) is 6.77.